The van der Waals surface area contributed by atoms with Gasteiger partial charge in [-0.25, -0.2) is 0 Å². The Balaban J connectivity index is 1.33. The predicted molar refractivity (Wildman–Crippen MR) is 194 cm³/mol. The third-order valence-corrected chi connectivity index (χ3v) is 9.53. The van der Waals surface area contributed by atoms with E-state index in [0.29, 0.717) is 0 Å². The molecule has 0 saturated heterocycles. The highest BCUT2D eigenvalue weighted by Gasteiger charge is 2.16. The lowest BCUT2D eigenvalue weighted by molar-refractivity contribution is 0.827. The van der Waals surface area contributed by atoms with E-state index in [-0.39, 0.29) is 0 Å². The summed E-state index contributed by atoms with van der Waals surface area (Å²) in [5.74, 6) is 0. The van der Waals surface area contributed by atoms with Crippen LogP contribution < -0.4 is 0 Å². The number of nitrogens with zero attached hydrogens (tertiary/aromatic N) is 1. The van der Waals surface area contributed by atoms with Gasteiger partial charge in [-0.1, -0.05) is 115 Å². The second-order valence-corrected chi connectivity index (χ2v) is 12.0. The highest BCUT2D eigenvalue weighted by molar-refractivity contribution is 6.29. The molecule has 0 spiro atoms. The number of benzene rings is 8. The zero-order chi connectivity index (χ0) is 29.9. The first-order chi connectivity index (χ1) is 22.3. The van der Waals surface area contributed by atoms with Gasteiger partial charge in [-0.05, 0) is 115 Å². The van der Waals surface area contributed by atoms with Crippen molar-refractivity contribution in [3.63, 3.8) is 0 Å². The van der Waals surface area contributed by atoms with E-state index in [1.807, 2.05) is 0 Å². The zero-order valence-electron chi connectivity index (χ0n) is 25.2. The van der Waals surface area contributed by atoms with Gasteiger partial charge < -0.3 is 4.57 Å². The Kier molecular flexibility index (Phi) is 5.86. The number of aromatic nitrogens is 1. The first-order valence-electron chi connectivity index (χ1n) is 15.8. The minimum atomic E-state index is 0.942. The summed E-state index contributed by atoms with van der Waals surface area (Å²) in [7, 11) is 0. The quantitative estimate of drug-likeness (QED) is 0.185. The predicted octanol–water partition coefficient (Wildman–Crippen LogP) is 12.3. The van der Waals surface area contributed by atoms with Crippen molar-refractivity contribution in [2.45, 2.75) is 13.5 Å². The summed E-state index contributed by atoms with van der Waals surface area (Å²) >= 11 is 0. The molecule has 0 atom stereocenters. The molecule has 0 radical (unpaired) electrons. The molecule has 0 bridgehead atoms. The fraction of sp³-hybridized carbons (Fsp3) is 0.0455. The summed E-state index contributed by atoms with van der Waals surface area (Å²) in [6.07, 6.45) is 0. The van der Waals surface area contributed by atoms with Crippen LogP contribution in [0.2, 0.25) is 0 Å². The van der Waals surface area contributed by atoms with Gasteiger partial charge in [-0.3, -0.25) is 0 Å². The molecule has 0 amide bonds. The largest absolute Gasteiger partial charge is 0.341 e. The van der Waals surface area contributed by atoms with Gasteiger partial charge >= 0.3 is 0 Å². The van der Waals surface area contributed by atoms with E-state index < -0.39 is 0 Å². The van der Waals surface area contributed by atoms with Crippen molar-refractivity contribution >= 4 is 54.1 Å². The van der Waals surface area contributed by atoms with Crippen LogP contribution in [0.4, 0.5) is 0 Å². The summed E-state index contributed by atoms with van der Waals surface area (Å²) in [4.78, 5) is 0. The number of hydrogen-bond donors (Lipinski definition) is 0. The van der Waals surface area contributed by atoms with Crippen LogP contribution in [-0.2, 0) is 6.54 Å². The SMILES string of the molecule is CCn1c2ccccc2c2cc3c4ccc(-c5cc(-c6ccccc6)cc(-c6ccccc6)c5)cc4c4ccccc4c3cc21. The van der Waals surface area contributed by atoms with Gasteiger partial charge in [0.15, 0.2) is 0 Å². The highest BCUT2D eigenvalue weighted by Crippen LogP contribution is 2.42. The molecule has 1 heteroatoms. The van der Waals surface area contributed by atoms with Gasteiger partial charge in [0.25, 0.3) is 0 Å². The Morgan fingerprint density at radius 1 is 0.311 bits per heavy atom. The molecule has 0 aliphatic rings. The van der Waals surface area contributed by atoms with E-state index in [1.165, 1.54) is 87.5 Å². The van der Waals surface area contributed by atoms with Crippen molar-refractivity contribution in [1.82, 2.24) is 4.57 Å². The van der Waals surface area contributed by atoms with Crippen LogP contribution in [-0.4, -0.2) is 4.57 Å². The van der Waals surface area contributed by atoms with E-state index in [0.717, 1.165) is 6.54 Å². The monoisotopic (exact) mass is 573 g/mol. The minimum Gasteiger partial charge on any atom is -0.341 e. The van der Waals surface area contributed by atoms with Crippen molar-refractivity contribution in [3.8, 4) is 33.4 Å². The second kappa shape index (κ2) is 10.2. The average Bonchev–Trinajstić information content (AvgIpc) is 3.44. The maximum Gasteiger partial charge on any atom is 0.0497 e. The lowest BCUT2D eigenvalue weighted by atomic mass is 9.89. The topological polar surface area (TPSA) is 4.93 Å². The zero-order valence-corrected chi connectivity index (χ0v) is 25.2. The number of hydrogen-bond acceptors (Lipinski definition) is 0. The molecule has 212 valence electrons. The van der Waals surface area contributed by atoms with Gasteiger partial charge in [0.1, 0.15) is 0 Å². The van der Waals surface area contributed by atoms with Crippen molar-refractivity contribution in [3.05, 3.63) is 158 Å². The van der Waals surface area contributed by atoms with E-state index in [1.54, 1.807) is 0 Å². The summed E-state index contributed by atoms with van der Waals surface area (Å²) < 4.78 is 2.45. The lowest BCUT2D eigenvalue weighted by Crippen LogP contribution is -1.93. The van der Waals surface area contributed by atoms with Gasteiger partial charge in [0.2, 0.25) is 0 Å². The normalized spacial score (nSPS) is 11.8. The number of rotatable bonds is 4. The van der Waals surface area contributed by atoms with Gasteiger partial charge in [-0.2, -0.15) is 0 Å². The molecule has 1 nitrogen and oxygen atoms in total. The first-order valence-corrected chi connectivity index (χ1v) is 15.8. The van der Waals surface area contributed by atoms with E-state index in [9.17, 15) is 0 Å². The summed E-state index contributed by atoms with van der Waals surface area (Å²) in [6.45, 7) is 3.18. The standard InChI is InChI=1S/C44H31N/c1-2-45-43-20-12-11-19-38(43)42-27-40-37-22-21-31(26-39(37)35-17-9-10-18-36(35)41(40)28-44(42)45)34-24-32(29-13-5-3-6-14-29)23-33(25-34)30-15-7-4-8-16-30/h3-28H,2H2,1H3. The van der Waals surface area contributed by atoms with Gasteiger partial charge in [0, 0.05) is 28.4 Å². The molecule has 0 fully saturated rings. The van der Waals surface area contributed by atoms with Gasteiger partial charge in [0.05, 0.1) is 0 Å². The molecular formula is C44H31N. The third-order valence-electron chi connectivity index (χ3n) is 9.53. The molecule has 1 heterocycles. The summed E-state index contributed by atoms with van der Waals surface area (Å²) in [6, 6.07) is 58.1. The molecule has 45 heavy (non-hydrogen) atoms. The van der Waals surface area contributed by atoms with Crippen LogP contribution in [0.25, 0.3) is 87.5 Å². The molecule has 0 saturated carbocycles. The Hall–Kier alpha value is -5.66. The molecule has 0 aliphatic heterocycles. The molecule has 1 aromatic heterocycles. The molecule has 0 aliphatic carbocycles. The molecule has 0 N–H and O–H groups in total. The number of para-hydroxylation sites is 1. The van der Waals surface area contributed by atoms with Crippen molar-refractivity contribution < 1.29 is 0 Å². The van der Waals surface area contributed by atoms with Crippen molar-refractivity contribution in [2.75, 3.05) is 0 Å². The lowest BCUT2D eigenvalue weighted by Gasteiger charge is -2.15. The maximum atomic E-state index is 2.45. The Morgan fingerprint density at radius 2 is 0.800 bits per heavy atom. The number of aryl methyl sites for hydroxylation is 1. The fourth-order valence-electron chi connectivity index (χ4n) is 7.40. The Morgan fingerprint density at radius 3 is 1.42 bits per heavy atom. The van der Waals surface area contributed by atoms with E-state index in [4.69, 9.17) is 0 Å². The summed E-state index contributed by atoms with van der Waals surface area (Å²) in [5, 5.41) is 10.4. The van der Waals surface area contributed by atoms with E-state index >= 15 is 0 Å². The average molecular weight is 574 g/mol. The Labute approximate surface area is 262 Å². The fourth-order valence-corrected chi connectivity index (χ4v) is 7.40. The van der Waals surface area contributed by atoms with Crippen LogP contribution in [0.5, 0.6) is 0 Å². The first kappa shape index (κ1) is 25.8. The van der Waals surface area contributed by atoms with Gasteiger partial charge in [-0.15, -0.1) is 0 Å². The molecule has 0 unspecified atom stereocenters. The smallest absolute Gasteiger partial charge is 0.0497 e. The minimum absolute atomic E-state index is 0.942. The summed E-state index contributed by atoms with van der Waals surface area (Å²) in [5.41, 5.74) is 9.96. The van der Waals surface area contributed by atoms with Crippen molar-refractivity contribution in [1.29, 1.82) is 0 Å². The van der Waals surface area contributed by atoms with Crippen LogP contribution in [0.1, 0.15) is 6.92 Å². The maximum absolute atomic E-state index is 2.45. The van der Waals surface area contributed by atoms with E-state index in [2.05, 4.69) is 169 Å². The molecular weight excluding hydrogens is 542 g/mol. The third kappa shape index (κ3) is 4.08. The van der Waals surface area contributed by atoms with Crippen LogP contribution >= 0.6 is 0 Å². The molecule has 9 aromatic rings. The van der Waals surface area contributed by atoms with Crippen LogP contribution in [0.15, 0.2) is 158 Å². The molecule has 8 aromatic carbocycles. The Bertz CT molecular complexity index is 2500. The van der Waals surface area contributed by atoms with Crippen LogP contribution in [0.3, 0.4) is 0 Å². The van der Waals surface area contributed by atoms with Crippen LogP contribution in [0, 0.1) is 0 Å². The highest BCUT2D eigenvalue weighted by atomic mass is 15.0. The number of fused-ring (bicyclic) bond motifs is 9. The second-order valence-electron chi connectivity index (χ2n) is 12.0. The van der Waals surface area contributed by atoms with Crippen molar-refractivity contribution in [2.24, 2.45) is 0 Å². The molecule has 9 rings (SSSR count).